The van der Waals surface area contributed by atoms with Crippen LogP contribution < -0.4 is 14.5 Å². The third kappa shape index (κ3) is 7.29. The zero-order valence-electron chi connectivity index (χ0n) is 30.4. The number of hydrogen-bond acceptors (Lipinski definition) is 4. The SMILES string of the molecule is C=CC(=O)Oc1ccc(N(c2ccc(C)cc2)c2ccc(C3(c4ccc(N(c5ccc(C)cc5)c5ccc(C)cc5)cc4)CCCCC3)cc2)cc1. The van der Waals surface area contributed by atoms with Crippen molar-refractivity contribution < 1.29 is 9.53 Å². The maximum absolute atomic E-state index is 11.8. The van der Waals surface area contributed by atoms with E-state index in [2.05, 4.69) is 158 Å². The van der Waals surface area contributed by atoms with Gasteiger partial charge < -0.3 is 14.5 Å². The highest BCUT2D eigenvalue weighted by molar-refractivity contribution is 5.84. The van der Waals surface area contributed by atoms with Crippen molar-refractivity contribution in [2.45, 2.75) is 58.3 Å². The Labute approximate surface area is 308 Å². The van der Waals surface area contributed by atoms with Crippen molar-refractivity contribution in [3.05, 3.63) is 186 Å². The van der Waals surface area contributed by atoms with Crippen molar-refractivity contribution in [2.75, 3.05) is 9.80 Å². The average Bonchev–Trinajstić information content (AvgIpc) is 3.18. The second kappa shape index (κ2) is 15.2. The maximum Gasteiger partial charge on any atom is 0.335 e. The van der Waals surface area contributed by atoms with Gasteiger partial charge in [-0.3, -0.25) is 0 Å². The molecule has 260 valence electrons. The first-order valence-corrected chi connectivity index (χ1v) is 18.3. The van der Waals surface area contributed by atoms with Gasteiger partial charge in [0.25, 0.3) is 0 Å². The highest BCUT2D eigenvalue weighted by atomic mass is 16.5. The number of ether oxygens (including phenoxy) is 1. The van der Waals surface area contributed by atoms with E-state index in [1.807, 2.05) is 24.3 Å². The number of esters is 1. The lowest BCUT2D eigenvalue weighted by Crippen LogP contribution is -2.30. The Kier molecular flexibility index (Phi) is 10.1. The Bertz CT molecular complexity index is 2060. The Morgan fingerprint density at radius 1 is 0.500 bits per heavy atom. The van der Waals surface area contributed by atoms with Crippen LogP contribution in [0.1, 0.15) is 59.9 Å². The van der Waals surface area contributed by atoms with Gasteiger partial charge in [-0.1, -0.05) is 103 Å². The summed E-state index contributed by atoms with van der Waals surface area (Å²) in [5.41, 5.74) is 12.9. The number of anilines is 6. The molecule has 1 aliphatic carbocycles. The van der Waals surface area contributed by atoms with Crippen molar-refractivity contribution >= 4 is 40.1 Å². The van der Waals surface area contributed by atoms with Gasteiger partial charge in [-0.15, -0.1) is 0 Å². The summed E-state index contributed by atoms with van der Waals surface area (Å²) in [5, 5.41) is 0. The smallest absolute Gasteiger partial charge is 0.335 e. The third-order valence-electron chi connectivity index (χ3n) is 10.4. The fourth-order valence-corrected chi connectivity index (χ4v) is 7.56. The molecular formula is C48H46N2O2. The average molecular weight is 683 g/mol. The maximum atomic E-state index is 11.8. The van der Waals surface area contributed by atoms with Crippen LogP contribution in [0, 0.1) is 20.8 Å². The molecule has 0 atom stereocenters. The van der Waals surface area contributed by atoms with E-state index in [1.165, 1.54) is 53.2 Å². The number of benzene rings is 6. The van der Waals surface area contributed by atoms with Crippen molar-refractivity contribution in [3.63, 3.8) is 0 Å². The quantitative estimate of drug-likeness (QED) is 0.0818. The van der Waals surface area contributed by atoms with Crippen LogP contribution in [0.15, 0.2) is 158 Å². The van der Waals surface area contributed by atoms with Gasteiger partial charge >= 0.3 is 5.97 Å². The van der Waals surface area contributed by atoms with Gasteiger partial charge in [-0.05, 0) is 130 Å². The lowest BCUT2D eigenvalue weighted by molar-refractivity contribution is -0.128. The van der Waals surface area contributed by atoms with Crippen LogP contribution >= 0.6 is 0 Å². The fraction of sp³-hybridized carbons (Fsp3) is 0.188. The van der Waals surface area contributed by atoms with Gasteiger partial charge in [0.15, 0.2) is 0 Å². The molecule has 0 bridgehead atoms. The summed E-state index contributed by atoms with van der Waals surface area (Å²) < 4.78 is 5.36. The van der Waals surface area contributed by atoms with E-state index in [9.17, 15) is 4.79 Å². The van der Waals surface area contributed by atoms with Crippen molar-refractivity contribution in [3.8, 4) is 5.75 Å². The first-order chi connectivity index (χ1) is 25.3. The van der Waals surface area contributed by atoms with Crippen LogP contribution in [-0.4, -0.2) is 5.97 Å². The Balaban J connectivity index is 1.23. The summed E-state index contributed by atoms with van der Waals surface area (Å²) in [5.74, 6) is 0.0128. The lowest BCUT2D eigenvalue weighted by Gasteiger charge is -2.39. The highest BCUT2D eigenvalue weighted by Crippen LogP contribution is 2.47. The molecule has 0 N–H and O–H groups in total. The van der Waals surface area contributed by atoms with Crippen LogP contribution in [-0.2, 0) is 10.2 Å². The van der Waals surface area contributed by atoms with Crippen LogP contribution in [0.4, 0.5) is 34.1 Å². The number of hydrogen-bond donors (Lipinski definition) is 0. The molecule has 0 unspecified atom stereocenters. The molecule has 0 heterocycles. The molecule has 0 aromatic heterocycles. The van der Waals surface area contributed by atoms with Crippen molar-refractivity contribution in [1.82, 2.24) is 0 Å². The second-order valence-corrected chi connectivity index (χ2v) is 14.0. The van der Waals surface area contributed by atoms with E-state index in [-0.39, 0.29) is 5.41 Å². The molecule has 1 saturated carbocycles. The third-order valence-corrected chi connectivity index (χ3v) is 10.4. The fourth-order valence-electron chi connectivity index (χ4n) is 7.56. The molecule has 6 aromatic rings. The van der Waals surface area contributed by atoms with Crippen LogP contribution in [0.25, 0.3) is 0 Å². The molecule has 0 amide bonds. The number of carbonyl (C=O) groups is 1. The minimum Gasteiger partial charge on any atom is -0.423 e. The first kappa shape index (κ1) is 34.6. The van der Waals surface area contributed by atoms with Gasteiger partial charge in [-0.2, -0.15) is 0 Å². The Morgan fingerprint density at radius 2 is 0.808 bits per heavy atom. The standard InChI is InChI=1S/C48H46N2O2/c1-5-47(51)52-46-31-29-45(30-32-46)50(42-23-13-37(4)14-24-42)44-27-17-39(18-28-44)48(33-7-6-8-34-48)38-15-25-43(26-16-38)49(40-19-9-35(2)10-20-40)41-21-11-36(3)12-22-41/h5,9-32H,1,6-8,33-34H2,2-4H3. The molecule has 0 aliphatic heterocycles. The first-order valence-electron chi connectivity index (χ1n) is 18.3. The predicted molar refractivity (Wildman–Crippen MR) is 216 cm³/mol. The summed E-state index contributed by atoms with van der Waals surface area (Å²) >= 11 is 0. The van der Waals surface area contributed by atoms with Crippen LogP contribution in [0.3, 0.4) is 0 Å². The van der Waals surface area contributed by atoms with Crippen LogP contribution in [0.5, 0.6) is 5.75 Å². The Morgan fingerprint density at radius 3 is 1.13 bits per heavy atom. The summed E-state index contributed by atoms with van der Waals surface area (Å²) in [6.45, 7) is 9.87. The van der Waals surface area contributed by atoms with Gasteiger partial charge in [0, 0.05) is 45.6 Å². The number of rotatable bonds is 10. The molecular weight excluding hydrogens is 637 g/mol. The molecule has 1 aliphatic rings. The van der Waals surface area contributed by atoms with Gasteiger partial charge in [0.05, 0.1) is 0 Å². The number of nitrogens with zero attached hydrogens (tertiary/aromatic N) is 2. The van der Waals surface area contributed by atoms with E-state index in [0.29, 0.717) is 5.75 Å². The highest BCUT2D eigenvalue weighted by Gasteiger charge is 2.36. The molecule has 0 radical (unpaired) electrons. The normalized spacial score (nSPS) is 13.6. The van der Waals surface area contributed by atoms with E-state index in [0.717, 1.165) is 47.0 Å². The molecule has 6 aromatic carbocycles. The summed E-state index contributed by atoms with van der Waals surface area (Å²) in [6.07, 6.45) is 7.11. The van der Waals surface area contributed by atoms with E-state index in [4.69, 9.17) is 4.74 Å². The number of aryl methyl sites for hydroxylation is 3. The van der Waals surface area contributed by atoms with Gasteiger partial charge in [0.1, 0.15) is 5.75 Å². The van der Waals surface area contributed by atoms with E-state index in [1.54, 1.807) is 0 Å². The molecule has 0 saturated heterocycles. The zero-order valence-corrected chi connectivity index (χ0v) is 30.4. The molecule has 52 heavy (non-hydrogen) atoms. The van der Waals surface area contributed by atoms with Gasteiger partial charge in [-0.25, -0.2) is 4.79 Å². The molecule has 4 heteroatoms. The Hall–Kier alpha value is -5.87. The largest absolute Gasteiger partial charge is 0.423 e. The predicted octanol–water partition coefficient (Wildman–Crippen LogP) is 12.9. The summed E-state index contributed by atoms with van der Waals surface area (Å²) in [4.78, 5) is 16.4. The second-order valence-electron chi connectivity index (χ2n) is 14.0. The van der Waals surface area contributed by atoms with Crippen LogP contribution in [0.2, 0.25) is 0 Å². The molecule has 4 nitrogen and oxygen atoms in total. The van der Waals surface area contributed by atoms with Crippen molar-refractivity contribution in [1.29, 1.82) is 0 Å². The van der Waals surface area contributed by atoms with Crippen molar-refractivity contribution in [2.24, 2.45) is 0 Å². The summed E-state index contributed by atoms with van der Waals surface area (Å²) in [7, 11) is 0. The topological polar surface area (TPSA) is 32.8 Å². The molecule has 1 fully saturated rings. The number of carbonyl (C=O) groups excluding carboxylic acids is 1. The molecule has 7 rings (SSSR count). The van der Waals surface area contributed by atoms with E-state index < -0.39 is 5.97 Å². The van der Waals surface area contributed by atoms with E-state index >= 15 is 0 Å². The lowest BCUT2D eigenvalue weighted by atomic mass is 9.65. The molecule has 0 spiro atoms. The minimum absolute atomic E-state index is 0.0563. The summed E-state index contributed by atoms with van der Waals surface area (Å²) in [6, 6.07) is 52.3. The minimum atomic E-state index is -0.472. The zero-order chi connectivity index (χ0) is 36.1. The van der Waals surface area contributed by atoms with Gasteiger partial charge in [0.2, 0.25) is 0 Å². The monoisotopic (exact) mass is 682 g/mol.